The van der Waals surface area contributed by atoms with E-state index in [-0.39, 0.29) is 55.4 Å². The van der Waals surface area contributed by atoms with Crippen LogP contribution in [0.15, 0.2) is 133 Å². The molecule has 6 aromatic rings. The van der Waals surface area contributed by atoms with Crippen molar-refractivity contribution in [2.24, 2.45) is 5.92 Å². The van der Waals surface area contributed by atoms with E-state index in [0.29, 0.717) is 112 Å². The summed E-state index contributed by atoms with van der Waals surface area (Å²) >= 11 is 1.52. The number of fused-ring (bicyclic) bond motifs is 2. The second-order valence-electron chi connectivity index (χ2n) is 27.8. The van der Waals surface area contributed by atoms with Gasteiger partial charge in [-0.25, -0.2) is 9.18 Å². The normalized spacial score (nSPS) is 18.8. The number of Topliss-reactive ketones (excluding diaryl/α,β-unsaturated/α-hetero) is 1. The molecule has 2 N–H and O–H groups in total. The van der Waals surface area contributed by atoms with Gasteiger partial charge >= 0.3 is 18.4 Å². The summed E-state index contributed by atoms with van der Waals surface area (Å²) in [6.45, 7) is 7.97. The van der Waals surface area contributed by atoms with Crippen LogP contribution in [0.25, 0.3) is 11.1 Å². The molecule has 24 heteroatoms. The van der Waals surface area contributed by atoms with Gasteiger partial charge in [-0.05, 0) is 167 Å². The molecule has 5 aromatic carbocycles. The summed E-state index contributed by atoms with van der Waals surface area (Å²) in [5, 5.41) is 6.28. The molecule has 3 aliphatic heterocycles. The molecule has 3 saturated heterocycles. The van der Waals surface area contributed by atoms with E-state index in [1.165, 1.54) is 54.0 Å². The summed E-state index contributed by atoms with van der Waals surface area (Å²) < 4.78 is 116. The highest BCUT2D eigenvalue weighted by molar-refractivity contribution is 7.14. The van der Waals surface area contributed by atoms with Crippen LogP contribution < -0.4 is 10.6 Å². The largest absolute Gasteiger partial charge is 0.446 e. The predicted molar refractivity (Wildman–Crippen MR) is 373 cm³/mol. The Morgan fingerprint density at radius 1 is 0.713 bits per heavy atom. The van der Waals surface area contributed by atoms with E-state index < -0.39 is 64.6 Å². The molecular formula is C77H91F7N8O8S. The Kier molecular flexibility index (Phi) is 24.9. The molecule has 0 bridgehead atoms. The third kappa shape index (κ3) is 19.8. The van der Waals surface area contributed by atoms with Crippen LogP contribution in [-0.2, 0) is 60.1 Å². The molecule has 2 atom stereocenters. The fourth-order valence-electron chi connectivity index (χ4n) is 14.6. The Bertz CT molecular complexity index is 3750. The number of ketones is 1. The number of carbonyl (C=O) groups excluding carboxylic acids is 5. The number of carbonyl (C=O) groups is 5. The van der Waals surface area contributed by atoms with Gasteiger partial charge in [-0.2, -0.15) is 26.3 Å². The number of unbranched alkanes of at least 4 members (excludes halogenated alkanes) is 2. The van der Waals surface area contributed by atoms with Crippen LogP contribution in [-0.4, -0.2) is 184 Å². The lowest BCUT2D eigenvalue weighted by atomic mass is 9.72. The SMILES string of the molecule is CN(CCCN(C)C(=O)c1ccc(CN(CCCCCC(=O)CNCCN2CCC(OC(=O)Nc3ccccc3-c3ccccc3)CC2)CC2CC2)s1)C(=O)CO[C@H]1Cc2ccccc2C12CCN(CC[C@@]1(c3ccc(F)cc3)CN(C(=O)c3cc(C(F)(F)F)cc(C(F)(F)F)c3)CO1)CC2. The average molecular weight is 1420 g/mol. The second-order valence-corrected chi connectivity index (χ2v) is 29.0. The number of likely N-dealkylation sites (N-methyl/N-ethyl adjacent to an activating group) is 1. The lowest BCUT2D eigenvalue weighted by molar-refractivity contribution is -0.143. The van der Waals surface area contributed by atoms with E-state index >= 15 is 0 Å². The molecule has 4 fully saturated rings. The van der Waals surface area contributed by atoms with Crippen molar-refractivity contribution >= 4 is 46.6 Å². The zero-order valence-electron chi connectivity index (χ0n) is 57.4. The van der Waals surface area contributed by atoms with E-state index in [0.717, 1.165) is 97.8 Å². The third-order valence-corrected chi connectivity index (χ3v) is 21.7. The molecule has 4 amide bonds. The number of nitrogens with zero attached hydrogens (tertiary/aromatic N) is 6. The van der Waals surface area contributed by atoms with E-state index in [1.807, 2.05) is 72.8 Å². The van der Waals surface area contributed by atoms with Gasteiger partial charge in [-0.3, -0.25) is 29.4 Å². The van der Waals surface area contributed by atoms with Gasteiger partial charge in [-0.15, -0.1) is 11.3 Å². The summed E-state index contributed by atoms with van der Waals surface area (Å²) in [7, 11) is 3.52. The average Bonchev–Trinajstić information content (AvgIpc) is 1.61. The zero-order chi connectivity index (χ0) is 71.3. The predicted octanol–water partition coefficient (Wildman–Crippen LogP) is 13.5. The van der Waals surface area contributed by atoms with Gasteiger partial charge in [0.15, 0.2) is 0 Å². The van der Waals surface area contributed by atoms with Crippen LogP contribution in [0.1, 0.15) is 130 Å². The lowest BCUT2D eigenvalue weighted by Gasteiger charge is -2.44. The number of piperidine rings is 2. The first-order valence-electron chi connectivity index (χ1n) is 35.3. The van der Waals surface area contributed by atoms with E-state index in [2.05, 4.69) is 43.5 Å². The standard InChI is InChI=1S/C77H91F7N8O8S/c1-87(70(94)51-98-69-46-56-16-8-10-19-66(56)74(69)31-40-90(41-32-74)42-33-75(58-23-25-61(78)26-24-58)52-92(53-99-75)71(95)57-44-59(76(79,80)81)47-60(45-57)77(82,83)84)35-13-36-88(2)72(96)68-28-27-64(101-68)50-91(49-54-21-22-54)37-12-4-7-17-62(93)48-85-34-43-89-38-29-63(30-39-89)100-73(97)86-67-20-11-9-18-65(67)55-14-5-3-6-15-55/h3,5-6,8-11,14-16,18-20,23-28,44-45,47,54,63,69,85H,4,7,12-13,17,21-22,29-43,46,48-53H2,1-2H3,(H,86,97)/t69-,75-/m0/s1. The Morgan fingerprint density at radius 2 is 1.40 bits per heavy atom. The molecule has 16 nitrogen and oxygen atoms in total. The Hall–Kier alpha value is -7.58. The molecule has 1 saturated carbocycles. The number of hydrogen-bond acceptors (Lipinski definition) is 13. The molecule has 1 aromatic heterocycles. The molecule has 11 rings (SSSR count). The third-order valence-electron chi connectivity index (χ3n) is 20.6. The van der Waals surface area contributed by atoms with Gasteiger partial charge in [0, 0.05) is 101 Å². The summed E-state index contributed by atoms with van der Waals surface area (Å²) in [6, 6.07) is 36.0. The lowest BCUT2D eigenvalue weighted by Crippen LogP contribution is -2.50. The van der Waals surface area contributed by atoms with Gasteiger partial charge in [0.25, 0.3) is 11.8 Å². The zero-order valence-corrected chi connectivity index (χ0v) is 58.3. The number of nitrogens with one attached hydrogen (secondary N) is 2. The maximum atomic E-state index is 14.3. The highest BCUT2D eigenvalue weighted by Crippen LogP contribution is 2.49. The molecule has 5 aliphatic rings. The fourth-order valence-corrected chi connectivity index (χ4v) is 15.7. The first kappa shape index (κ1) is 74.6. The van der Waals surface area contributed by atoms with Crippen LogP contribution in [0, 0.1) is 11.7 Å². The van der Waals surface area contributed by atoms with Crippen molar-refractivity contribution in [2.45, 2.75) is 126 Å². The van der Waals surface area contributed by atoms with Crippen molar-refractivity contribution < 1.29 is 68.9 Å². The van der Waals surface area contributed by atoms with Crippen molar-refractivity contribution in [2.75, 3.05) is 118 Å². The second kappa shape index (κ2) is 33.7. The minimum Gasteiger partial charge on any atom is -0.446 e. The van der Waals surface area contributed by atoms with Crippen LogP contribution in [0.5, 0.6) is 0 Å². The maximum absolute atomic E-state index is 14.3. The van der Waals surface area contributed by atoms with Crippen LogP contribution in [0.4, 0.5) is 41.2 Å². The number of para-hydroxylation sites is 1. The number of hydrogen-bond donors (Lipinski definition) is 2. The van der Waals surface area contributed by atoms with E-state index in [9.17, 15) is 54.7 Å². The molecule has 101 heavy (non-hydrogen) atoms. The molecule has 4 heterocycles. The number of thiophene rings is 1. The first-order chi connectivity index (χ1) is 48.5. The van der Waals surface area contributed by atoms with Crippen LogP contribution >= 0.6 is 11.3 Å². The van der Waals surface area contributed by atoms with Crippen molar-refractivity contribution in [3.63, 3.8) is 0 Å². The van der Waals surface area contributed by atoms with E-state index in [4.69, 9.17) is 14.2 Å². The summed E-state index contributed by atoms with van der Waals surface area (Å²) in [5.74, 6) is -0.933. The molecular weight excluding hydrogens is 1330 g/mol. The van der Waals surface area contributed by atoms with Gasteiger partial charge in [0.1, 0.15) is 36.6 Å². The topological polar surface area (TPSA) is 157 Å². The first-order valence-corrected chi connectivity index (χ1v) is 36.1. The van der Waals surface area contributed by atoms with Crippen molar-refractivity contribution in [1.29, 1.82) is 0 Å². The monoisotopic (exact) mass is 1420 g/mol. The van der Waals surface area contributed by atoms with Crippen molar-refractivity contribution in [3.05, 3.63) is 182 Å². The Labute approximate surface area is 590 Å². The minimum atomic E-state index is -5.15. The van der Waals surface area contributed by atoms with Gasteiger partial charge in [0.05, 0.1) is 40.9 Å². The smallest absolute Gasteiger partial charge is 0.416 e. The molecule has 0 unspecified atom stereocenters. The van der Waals surface area contributed by atoms with Crippen LogP contribution in [0.2, 0.25) is 0 Å². The number of halogens is 7. The van der Waals surface area contributed by atoms with Gasteiger partial charge in [0.2, 0.25) is 5.91 Å². The Morgan fingerprint density at radius 3 is 2.12 bits per heavy atom. The van der Waals surface area contributed by atoms with Crippen molar-refractivity contribution in [3.8, 4) is 11.1 Å². The summed E-state index contributed by atoms with van der Waals surface area (Å²) in [4.78, 5) is 80.3. The fraction of sp³-hybridized carbons (Fsp3) is 0.494. The number of amides is 4. The van der Waals surface area contributed by atoms with Crippen LogP contribution in [0.3, 0.4) is 0 Å². The molecule has 542 valence electrons. The molecule has 1 spiro atoms. The minimum absolute atomic E-state index is 0.0248. The summed E-state index contributed by atoms with van der Waals surface area (Å²) in [5.41, 5.74) is -0.180. The number of ether oxygens (including phenoxy) is 3. The number of anilines is 1. The number of benzene rings is 5. The van der Waals surface area contributed by atoms with Crippen molar-refractivity contribution in [1.82, 2.24) is 34.7 Å². The molecule has 0 radical (unpaired) electrons. The summed E-state index contributed by atoms with van der Waals surface area (Å²) in [6.07, 6.45) is -1.09. The quantitative estimate of drug-likeness (QED) is 0.0314. The van der Waals surface area contributed by atoms with Gasteiger partial charge in [-0.1, -0.05) is 91.3 Å². The highest BCUT2D eigenvalue weighted by atomic mass is 32.1. The highest BCUT2D eigenvalue weighted by Gasteiger charge is 2.50. The van der Waals surface area contributed by atoms with Gasteiger partial charge < -0.3 is 44.0 Å². The van der Waals surface area contributed by atoms with E-state index in [1.54, 1.807) is 23.9 Å². The maximum Gasteiger partial charge on any atom is 0.416 e. The number of rotatable bonds is 31. The number of alkyl halides is 6. The Balaban J connectivity index is 0.570. The molecule has 2 aliphatic carbocycles. The number of likely N-dealkylation sites (tertiary alicyclic amines) is 2.